The van der Waals surface area contributed by atoms with Crippen molar-refractivity contribution in [2.75, 3.05) is 32.1 Å². The average Bonchev–Trinajstić information content (AvgIpc) is 2.43. The Labute approximate surface area is 118 Å². The molecule has 9 heteroatoms. The number of sulfonamides is 1. The van der Waals surface area contributed by atoms with Crippen LogP contribution in [0.2, 0.25) is 0 Å². The summed E-state index contributed by atoms with van der Waals surface area (Å²) in [6.07, 6.45) is 0.000752. The van der Waals surface area contributed by atoms with Crippen molar-refractivity contribution in [3.63, 3.8) is 0 Å². The Morgan fingerprint density at radius 2 is 1.95 bits per heavy atom. The van der Waals surface area contributed by atoms with E-state index in [0.717, 1.165) is 0 Å². The number of carbonyl (C=O) groups excluding carboxylic acids is 1. The van der Waals surface area contributed by atoms with E-state index in [1.165, 1.54) is 4.31 Å². The molecule has 0 saturated carbocycles. The molecule has 2 N–H and O–H groups in total. The minimum Gasteiger partial charge on any atom is -0.480 e. The van der Waals surface area contributed by atoms with Gasteiger partial charge in [-0.15, -0.1) is 0 Å². The number of hydrogen-bond acceptors (Lipinski definition) is 5. The van der Waals surface area contributed by atoms with E-state index in [2.05, 4.69) is 5.32 Å². The highest BCUT2D eigenvalue weighted by Gasteiger charge is 2.25. The quantitative estimate of drug-likeness (QED) is 0.625. The van der Waals surface area contributed by atoms with Crippen LogP contribution in [-0.2, 0) is 24.3 Å². The Balaban J connectivity index is 2.45. The third-order valence-electron chi connectivity index (χ3n) is 2.99. The summed E-state index contributed by atoms with van der Waals surface area (Å²) >= 11 is 0. The number of carboxylic acid groups (broad SMARTS) is 1. The maximum absolute atomic E-state index is 12.0. The number of hydrogen-bond donors (Lipinski definition) is 2. The Morgan fingerprint density at radius 1 is 1.35 bits per heavy atom. The molecule has 116 valence electrons. The first-order valence-corrected chi connectivity index (χ1v) is 8.05. The lowest BCUT2D eigenvalue weighted by atomic mass is 10.2. The molecule has 1 amide bonds. The summed E-state index contributed by atoms with van der Waals surface area (Å²) < 4.78 is 30.3. The van der Waals surface area contributed by atoms with Gasteiger partial charge in [-0.2, -0.15) is 4.31 Å². The zero-order chi connectivity index (χ0) is 15.2. The molecule has 8 nitrogen and oxygen atoms in total. The first-order valence-electron chi connectivity index (χ1n) is 6.44. The summed E-state index contributed by atoms with van der Waals surface area (Å²) in [6, 6.07) is -0.978. The number of rotatable bonds is 7. The molecule has 20 heavy (non-hydrogen) atoms. The standard InChI is InChI=1S/C11H20N2O6S/c1-2-9(11(15)16)12-10(14)3-8-20(17,18)13-4-6-19-7-5-13/h9H,2-8H2,1H3,(H,12,14)(H,15,16)/t9-/m1/s1. The van der Waals surface area contributed by atoms with Gasteiger partial charge >= 0.3 is 5.97 Å². The second-order valence-corrected chi connectivity index (χ2v) is 6.53. The van der Waals surface area contributed by atoms with Gasteiger partial charge in [0.1, 0.15) is 6.04 Å². The molecule has 1 heterocycles. The predicted molar refractivity (Wildman–Crippen MR) is 70.7 cm³/mol. The molecular weight excluding hydrogens is 288 g/mol. The summed E-state index contributed by atoms with van der Waals surface area (Å²) in [4.78, 5) is 22.3. The third kappa shape index (κ3) is 5.06. The molecule has 0 aromatic rings. The van der Waals surface area contributed by atoms with Crippen LogP contribution in [0, 0.1) is 0 Å². The van der Waals surface area contributed by atoms with Crippen LogP contribution in [0.5, 0.6) is 0 Å². The number of carbonyl (C=O) groups is 2. The fraction of sp³-hybridized carbons (Fsp3) is 0.818. The number of ether oxygens (including phenoxy) is 1. The van der Waals surface area contributed by atoms with Crippen LogP contribution in [0.1, 0.15) is 19.8 Å². The van der Waals surface area contributed by atoms with Crippen LogP contribution >= 0.6 is 0 Å². The summed E-state index contributed by atoms with van der Waals surface area (Å²) in [6.45, 7) is 2.90. The number of aliphatic carboxylic acids is 1. The van der Waals surface area contributed by atoms with Gasteiger partial charge in [0.15, 0.2) is 0 Å². The van der Waals surface area contributed by atoms with Crippen LogP contribution in [0.25, 0.3) is 0 Å². The number of nitrogens with one attached hydrogen (secondary N) is 1. The molecule has 0 spiro atoms. The van der Waals surface area contributed by atoms with Crippen molar-refractivity contribution in [1.82, 2.24) is 9.62 Å². The van der Waals surface area contributed by atoms with E-state index in [9.17, 15) is 18.0 Å². The van der Waals surface area contributed by atoms with Gasteiger partial charge in [-0.05, 0) is 6.42 Å². The molecule has 0 unspecified atom stereocenters. The van der Waals surface area contributed by atoms with Crippen molar-refractivity contribution in [2.24, 2.45) is 0 Å². The molecule has 1 saturated heterocycles. The molecule has 1 rings (SSSR count). The van der Waals surface area contributed by atoms with Gasteiger partial charge in [0.2, 0.25) is 15.9 Å². The maximum Gasteiger partial charge on any atom is 0.326 e. The summed E-state index contributed by atoms with van der Waals surface area (Å²) in [5.41, 5.74) is 0. The highest BCUT2D eigenvalue weighted by atomic mass is 32.2. The minimum absolute atomic E-state index is 0.247. The van der Waals surface area contributed by atoms with Gasteiger partial charge < -0.3 is 15.2 Å². The first kappa shape index (κ1) is 16.9. The summed E-state index contributed by atoms with van der Waals surface area (Å²) in [7, 11) is -3.50. The fourth-order valence-corrected chi connectivity index (χ4v) is 3.19. The summed E-state index contributed by atoms with van der Waals surface area (Å²) in [5, 5.41) is 11.1. The number of morpholine rings is 1. The van der Waals surface area contributed by atoms with Crippen molar-refractivity contribution in [1.29, 1.82) is 0 Å². The highest BCUT2D eigenvalue weighted by Crippen LogP contribution is 2.07. The lowest BCUT2D eigenvalue weighted by Gasteiger charge is -2.26. The normalized spacial score (nSPS) is 18.4. The number of nitrogens with zero attached hydrogens (tertiary/aromatic N) is 1. The fourth-order valence-electron chi connectivity index (χ4n) is 1.78. The van der Waals surface area contributed by atoms with E-state index < -0.39 is 27.9 Å². The third-order valence-corrected chi connectivity index (χ3v) is 4.86. The molecule has 0 radical (unpaired) electrons. The molecule has 1 aliphatic heterocycles. The van der Waals surface area contributed by atoms with Gasteiger partial charge in [0.05, 0.1) is 19.0 Å². The minimum atomic E-state index is -3.50. The number of amides is 1. The molecular formula is C11H20N2O6S. The largest absolute Gasteiger partial charge is 0.480 e. The molecule has 0 aromatic carbocycles. The molecule has 1 atom stereocenters. The van der Waals surface area contributed by atoms with E-state index in [-0.39, 0.29) is 31.7 Å². The first-order chi connectivity index (χ1) is 9.36. The molecule has 1 fully saturated rings. The lowest BCUT2D eigenvalue weighted by molar-refractivity contribution is -0.141. The second-order valence-electron chi connectivity index (χ2n) is 4.44. The van der Waals surface area contributed by atoms with E-state index in [1.54, 1.807) is 6.92 Å². The zero-order valence-electron chi connectivity index (χ0n) is 11.4. The van der Waals surface area contributed by atoms with Crippen LogP contribution in [0.3, 0.4) is 0 Å². The zero-order valence-corrected chi connectivity index (χ0v) is 12.2. The molecule has 0 aromatic heterocycles. The van der Waals surface area contributed by atoms with Gasteiger partial charge in [-0.25, -0.2) is 13.2 Å². The van der Waals surface area contributed by atoms with E-state index in [0.29, 0.717) is 13.2 Å². The smallest absolute Gasteiger partial charge is 0.326 e. The van der Waals surface area contributed by atoms with Crippen molar-refractivity contribution in [3.8, 4) is 0 Å². The molecule has 1 aliphatic rings. The highest BCUT2D eigenvalue weighted by molar-refractivity contribution is 7.89. The Hall–Kier alpha value is -1.19. The van der Waals surface area contributed by atoms with Crippen LogP contribution < -0.4 is 5.32 Å². The average molecular weight is 308 g/mol. The Morgan fingerprint density at radius 3 is 2.45 bits per heavy atom. The second kappa shape index (κ2) is 7.55. The molecule has 0 aliphatic carbocycles. The van der Waals surface area contributed by atoms with E-state index >= 15 is 0 Å². The van der Waals surface area contributed by atoms with E-state index in [4.69, 9.17) is 9.84 Å². The predicted octanol–water partition coefficient (Wildman–Crippen LogP) is -0.982. The number of carboxylic acids is 1. The van der Waals surface area contributed by atoms with Crippen molar-refractivity contribution >= 4 is 21.9 Å². The lowest BCUT2D eigenvalue weighted by Crippen LogP contribution is -2.44. The van der Waals surface area contributed by atoms with Gasteiger partial charge in [-0.1, -0.05) is 6.92 Å². The van der Waals surface area contributed by atoms with Crippen molar-refractivity contribution in [3.05, 3.63) is 0 Å². The maximum atomic E-state index is 12.0. The van der Waals surface area contributed by atoms with Gasteiger partial charge in [-0.3, -0.25) is 4.79 Å². The van der Waals surface area contributed by atoms with E-state index in [1.807, 2.05) is 0 Å². The summed E-state index contributed by atoms with van der Waals surface area (Å²) in [5.74, 6) is -2.03. The Kier molecular flexibility index (Phi) is 6.37. The van der Waals surface area contributed by atoms with Crippen LogP contribution in [0.15, 0.2) is 0 Å². The van der Waals surface area contributed by atoms with Gasteiger partial charge in [0, 0.05) is 19.5 Å². The topological polar surface area (TPSA) is 113 Å². The van der Waals surface area contributed by atoms with Gasteiger partial charge in [0.25, 0.3) is 0 Å². The molecule has 0 bridgehead atoms. The SMILES string of the molecule is CC[C@@H](NC(=O)CCS(=O)(=O)N1CCOCC1)C(=O)O. The van der Waals surface area contributed by atoms with Crippen molar-refractivity contribution in [2.45, 2.75) is 25.8 Å². The monoisotopic (exact) mass is 308 g/mol. The van der Waals surface area contributed by atoms with Crippen LogP contribution in [-0.4, -0.2) is 67.8 Å². The van der Waals surface area contributed by atoms with Crippen molar-refractivity contribution < 1.29 is 27.9 Å². The Bertz CT molecular complexity index is 444. The van der Waals surface area contributed by atoms with Crippen LogP contribution in [0.4, 0.5) is 0 Å².